The second-order valence-corrected chi connectivity index (χ2v) is 4.50. The molecule has 1 saturated carbocycles. The van der Waals surface area contributed by atoms with Gasteiger partial charge in [-0.25, -0.2) is 0 Å². The van der Waals surface area contributed by atoms with Crippen molar-refractivity contribution < 1.29 is 9.72 Å². The Bertz CT molecular complexity index is 575. The number of nitro benzene ring substituents is 1. The van der Waals surface area contributed by atoms with Crippen molar-refractivity contribution in [3.8, 4) is 6.07 Å². The molecule has 0 saturated heterocycles. The van der Waals surface area contributed by atoms with Crippen molar-refractivity contribution in [1.82, 2.24) is 0 Å². The van der Waals surface area contributed by atoms with Gasteiger partial charge < -0.3 is 5.32 Å². The number of amides is 1. The van der Waals surface area contributed by atoms with E-state index in [4.69, 9.17) is 16.9 Å². The van der Waals surface area contributed by atoms with Crippen molar-refractivity contribution in [2.24, 2.45) is 5.41 Å². The molecule has 6 nitrogen and oxygen atoms in total. The van der Waals surface area contributed by atoms with Crippen LogP contribution in [0.25, 0.3) is 0 Å². The number of anilines is 1. The van der Waals surface area contributed by atoms with E-state index in [1.54, 1.807) is 0 Å². The number of carbonyl (C=O) groups is 1. The number of nitro groups is 1. The van der Waals surface area contributed by atoms with E-state index in [2.05, 4.69) is 5.32 Å². The average Bonchev–Trinajstić information content (AvgIpc) is 3.12. The summed E-state index contributed by atoms with van der Waals surface area (Å²) in [5.41, 5.74) is -1.26. The largest absolute Gasteiger partial charge is 0.319 e. The predicted octanol–water partition coefficient (Wildman–Crippen LogP) is 2.49. The topological polar surface area (TPSA) is 96.0 Å². The molecular weight excluding hydrogens is 258 g/mol. The summed E-state index contributed by atoms with van der Waals surface area (Å²) in [4.78, 5) is 22.0. The van der Waals surface area contributed by atoms with Gasteiger partial charge in [-0.3, -0.25) is 14.9 Å². The molecule has 7 heteroatoms. The first-order chi connectivity index (χ1) is 8.48. The maximum Gasteiger partial charge on any atom is 0.294 e. The van der Waals surface area contributed by atoms with Gasteiger partial charge in [0.1, 0.15) is 11.1 Å². The molecule has 1 aromatic rings. The summed E-state index contributed by atoms with van der Waals surface area (Å²) in [6.07, 6.45) is 0.966. The number of benzene rings is 1. The minimum atomic E-state index is -1.02. The Morgan fingerprint density at radius 3 is 2.72 bits per heavy atom. The van der Waals surface area contributed by atoms with Gasteiger partial charge >= 0.3 is 0 Å². The van der Waals surface area contributed by atoms with E-state index in [1.165, 1.54) is 12.1 Å². The van der Waals surface area contributed by atoms with Gasteiger partial charge in [-0.1, -0.05) is 11.6 Å². The molecule has 18 heavy (non-hydrogen) atoms. The first-order valence-corrected chi connectivity index (χ1v) is 5.53. The summed E-state index contributed by atoms with van der Waals surface area (Å²) in [6.45, 7) is 0. The number of nitriles is 1. The molecule has 1 aliphatic carbocycles. The quantitative estimate of drug-likeness (QED) is 0.671. The molecule has 1 aromatic carbocycles. The summed E-state index contributed by atoms with van der Waals surface area (Å²) in [7, 11) is 0. The van der Waals surface area contributed by atoms with Gasteiger partial charge in [-0.15, -0.1) is 0 Å². The SMILES string of the molecule is N#CC1(C(=O)Nc2ccc(Cl)cc2[N+](=O)[O-])CC1. The number of hydrogen-bond donors (Lipinski definition) is 1. The van der Waals surface area contributed by atoms with Gasteiger partial charge in [-0.2, -0.15) is 5.26 Å². The molecule has 0 bridgehead atoms. The van der Waals surface area contributed by atoms with Crippen molar-refractivity contribution in [3.05, 3.63) is 33.3 Å². The zero-order valence-corrected chi connectivity index (χ0v) is 9.90. The summed E-state index contributed by atoms with van der Waals surface area (Å²) in [5.74, 6) is -0.504. The second kappa shape index (κ2) is 4.27. The first kappa shape index (κ1) is 12.3. The Labute approximate surface area is 107 Å². The lowest BCUT2D eigenvalue weighted by atomic mass is 10.1. The lowest BCUT2D eigenvalue weighted by Gasteiger charge is -2.08. The van der Waals surface area contributed by atoms with E-state index in [0.29, 0.717) is 12.8 Å². The molecule has 1 fully saturated rings. The van der Waals surface area contributed by atoms with Crippen LogP contribution in [0, 0.1) is 26.9 Å². The number of nitrogens with zero attached hydrogens (tertiary/aromatic N) is 2. The second-order valence-electron chi connectivity index (χ2n) is 4.07. The maximum absolute atomic E-state index is 11.8. The molecule has 0 atom stereocenters. The standard InChI is InChI=1S/C11H8ClN3O3/c12-7-1-2-8(9(5-7)15(17)18)14-10(16)11(6-13)3-4-11/h1-2,5H,3-4H2,(H,14,16). The monoisotopic (exact) mass is 265 g/mol. The number of rotatable bonds is 3. The Hall–Kier alpha value is -2.13. The van der Waals surface area contributed by atoms with Crippen LogP contribution in [0.1, 0.15) is 12.8 Å². The molecule has 0 aliphatic heterocycles. The van der Waals surface area contributed by atoms with Gasteiger partial charge in [-0.05, 0) is 25.0 Å². The van der Waals surface area contributed by atoms with E-state index in [0.717, 1.165) is 6.07 Å². The zero-order chi connectivity index (χ0) is 13.3. The van der Waals surface area contributed by atoms with Crippen LogP contribution in [0.15, 0.2) is 18.2 Å². The van der Waals surface area contributed by atoms with Gasteiger partial charge in [0.05, 0.1) is 11.0 Å². The summed E-state index contributed by atoms with van der Waals surface area (Å²) in [5, 5.41) is 22.3. The lowest BCUT2D eigenvalue weighted by molar-refractivity contribution is -0.383. The Balaban J connectivity index is 2.27. The molecule has 1 N–H and O–H groups in total. The van der Waals surface area contributed by atoms with Crippen LogP contribution in [0.2, 0.25) is 5.02 Å². The van der Waals surface area contributed by atoms with Crippen LogP contribution in [0.3, 0.4) is 0 Å². The summed E-state index contributed by atoms with van der Waals surface area (Å²) < 4.78 is 0. The third-order valence-electron chi connectivity index (χ3n) is 2.80. The molecule has 0 unspecified atom stereocenters. The van der Waals surface area contributed by atoms with Crippen molar-refractivity contribution in [2.75, 3.05) is 5.32 Å². The molecule has 92 valence electrons. The van der Waals surface area contributed by atoms with Crippen LogP contribution in [-0.4, -0.2) is 10.8 Å². The highest BCUT2D eigenvalue weighted by Crippen LogP contribution is 2.46. The normalized spacial score (nSPS) is 15.6. The van der Waals surface area contributed by atoms with Gasteiger partial charge in [0.2, 0.25) is 5.91 Å². The minimum Gasteiger partial charge on any atom is -0.319 e. The fourth-order valence-electron chi connectivity index (χ4n) is 1.52. The van der Waals surface area contributed by atoms with Crippen LogP contribution in [0.4, 0.5) is 11.4 Å². The molecule has 0 heterocycles. The molecular formula is C11H8ClN3O3. The van der Waals surface area contributed by atoms with Crippen LogP contribution >= 0.6 is 11.6 Å². The third-order valence-corrected chi connectivity index (χ3v) is 3.04. The van der Waals surface area contributed by atoms with E-state index in [1.807, 2.05) is 6.07 Å². The minimum absolute atomic E-state index is 0.0518. The molecule has 0 spiro atoms. The van der Waals surface area contributed by atoms with Gasteiger partial charge in [0.15, 0.2) is 0 Å². The molecule has 1 aliphatic rings. The number of hydrogen-bond acceptors (Lipinski definition) is 4. The van der Waals surface area contributed by atoms with E-state index >= 15 is 0 Å². The Morgan fingerprint density at radius 1 is 1.56 bits per heavy atom. The summed E-state index contributed by atoms with van der Waals surface area (Å²) in [6, 6.07) is 5.87. The van der Waals surface area contributed by atoms with Crippen molar-refractivity contribution >= 4 is 28.9 Å². The molecule has 0 radical (unpaired) electrons. The highest BCUT2D eigenvalue weighted by molar-refractivity contribution is 6.31. The predicted molar refractivity (Wildman–Crippen MR) is 64.0 cm³/mol. The highest BCUT2D eigenvalue weighted by Gasteiger charge is 2.51. The van der Waals surface area contributed by atoms with Crippen molar-refractivity contribution in [2.45, 2.75) is 12.8 Å². The van der Waals surface area contributed by atoms with E-state index in [-0.39, 0.29) is 16.4 Å². The Morgan fingerprint density at radius 2 is 2.22 bits per heavy atom. The van der Waals surface area contributed by atoms with Crippen molar-refractivity contribution in [1.29, 1.82) is 5.26 Å². The maximum atomic E-state index is 11.8. The lowest BCUT2D eigenvalue weighted by Crippen LogP contribution is -2.23. The summed E-state index contributed by atoms with van der Waals surface area (Å²) >= 11 is 5.66. The fourth-order valence-corrected chi connectivity index (χ4v) is 1.68. The third kappa shape index (κ3) is 2.13. The molecule has 1 amide bonds. The Kier molecular flexibility index (Phi) is 2.93. The van der Waals surface area contributed by atoms with Crippen molar-refractivity contribution in [3.63, 3.8) is 0 Å². The molecule has 0 aromatic heterocycles. The highest BCUT2D eigenvalue weighted by atomic mass is 35.5. The first-order valence-electron chi connectivity index (χ1n) is 5.15. The zero-order valence-electron chi connectivity index (χ0n) is 9.14. The number of halogens is 1. The van der Waals surface area contributed by atoms with Crippen LogP contribution in [-0.2, 0) is 4.79 Å². The smallest absolute Gasteiger partial charge is 0.294 e. The van der Waals surface area contributed by atoms with E-state index < -0.39 is 16.2 Å². The van der Waals surface area contributed by atoms with E-state index in [9.17, 15) is 14.9 Å². The average molecular weight is 266 g/mol. The van der Waals surface area contributed by atoms with Gasteiger partial charge in [0.25, 0.3) is 5.69 Å². The van der Waals surface area contributed by atoms with Crippen LogP contribution in [0.5, 0.6) is 0 Å². The fraction of sp³-hybridized carbons (Fsp3) is 0.273. The van der Waals surface area contributed by atoms with Gasteiger partial charge in [0, 0.05) is 11.1 Å². The number of carbonyl (C=O) groups excluding carboxylic acids is 1. The number of nitrogens with one attached hydrogen (secondary N) is 1. The van der Waals surface area contributed by atoms with Crippen LogP contribution < -0.4 is 5.32 Å². The molecule has 2 rings (SSSR count).